The Bertz CT molecular complexity index is 1000. The second kappa shape index (κ2) is 8.21. The van der Waals surface area contributed by atoms with Gasteiger partial charge >= 0.3 is 0 Å². The molecule has 0 radical (unpaired) electrons. The van der Waals surface area contributed by atoms with Crippen LogP contribution in [-0.2, 0) is 4.79 Å². The molecule has 7 nitrogen and oxygen atoms in total. The van der Waals surface area contributed by atoms with Crippen LogP contribution in [-0.4, -0.2) is 21.8 Å². The van der Waals surface area contributed by atoms with Crippen LogP contribution in [0.2, 0.25) is 0 Å². The number of benzene rings is 2. The third-order valence-corrected chi connectivity index (χ3v) is 3.58. The van der Waals surface area contributed by atoms with Crippen LogP contribution in [0, 0.1) is 11.6 Å². The monoisotopic (exact) mass is 383 g/mol. The lowest BCUT2D eigenvalue weighted by atomic mass is 10.2. The molecule has 2 aromatic carbocycles. The van der Waals surface area contributed by atoms with E-state index < -0.39 is 23.2 Å². The minimum absolute atomic E-state index is 0.0741. The van der Waals surface area contributed by atoms with E-state index in [9.17, 15) is 18.4 Å². The van der Waals surface area contributed by atoms with Crippen molar-refractivity contribution in [3.63, 3.8) is 0 Å². The van der Waals surface area contributed by atoms with Gasteiger partial charge in [-0.1, -0.05) is 6.07 Å². The number of para-hydroxylation sites is 1. The van der Waals surface area contributed by atoms with Gasteiger partial charge < -0.3 is 16.0 Å². The average Bonchev–Trinajstić information content (AvgIpc) is 2.66. The van der Waals surface area contributed by atoms with E-state index in [0.29, 0.717) is 17.2 Å². The lowest BCUT2D eigenvalue weighted by Crippen LogP contribution is -2.16. The summed E-state index contributed by atoms with van der Waals surface area (Å²) in [6.45, 7) is 1.41. The topological polar surface area (TPSA) is 96.0 Å². The van der Waals surface area contributed by atoms with E-state index in [1.807, 2.05) is 0 Å². The van der Waals surface area contributed by atoms with Crippen molar-refractivity contribution in [2.24, 2.45) is 0 Å². The predicted molar refractivity (Wildman–Crippen MR) is 100 cm³/mol. The van der Waals surface area contributed by atoms with E-state index in [0.717, 1.165) is 18.5 Å². The highest BCUT2D eigenvalue weighted by Gasteiger charge is 2.15. The van der Waals surface area contributed by atoms with E-state index in [4.69, 9.17) is 0 Å². The SMILES string of the molecule is CC(=O)Nc1ccc(Nc2cc(C(=O)Nc3c(F)cccc3F)ncn2)cc1. The largest absolute Gasteiger partial charge is 0.340 e. The summed E-state index contributed by atoms with van der Waals surface area (Å²) >= 11 is 0. The summed E-state index contributed by atoms with van der Waals surface area (Å²) in [4.78, 5) is 31.1. The van der Waals surface area contributed by atoms with Gasteiger partial charge in [-0.3, -0.25) is 9.59 Å². The quantitative estimate of drug-likeness (QED) is 0.624. The van der Waals surface area contributed by atoms with Gasteiger partial charge in [0.25, 0.3) is 5.91 Å². The Hall–Kier alpha value is -3.88. The van der Waals surface area contributed by atoms with Gasteiger partial charge in [-0.15, -0.1) is 0 Å². The zero-order valence-electron chi connectivity index (χ0n) is 14.7. The molecule has 1 heterocycles. The Morgan fingerprint density at radius 3 is 2.18 bits per heavy atom. The lowest BCUT2D eigenvalue weighted by molar-refractivity contribution is -0.114. The molecule has 2 amide bonds. The number of anilines is 4. The fourth-order valence-electron chi connectivity index (χ4n) is 2.33. The zero-order chi connectivity index (χ0) is 20.1. The maximum absolute atomic E-state index is 13.7. The van der Waals surface area contributed by atoms with Crippen LogP contribution in [0.25, 0.3) is 0 Å². The lowest BCUT2D eigenvalue weighted by Gasteiger charge is -2.09. The van der Waals surface area contributed by atoms with Gasteiger partial charge in [0.1, 0.15) is 35.2 Å². The number of amides is 2. The summed E-state index contributed by atoms with van der Waals surface area (Å²) in [7, 11) is 0. The molecule has 0 spiro atoms. The summed E-state index contributed by atoms with van der Waals surface area (Å²) in [6.07, 6.45) is 1.15. The van der Waals surface area contributed by atoms with Crippen molar-refractivity contribution in [1.82, 2.24) is 9.97 Å². The first-order chi connectivity index (χ1) is 13.4. The molecule has 3 aromatic rings. The summed E-state index contributed by atoms with van der Waals surface area (Å²) < 4.78 is 27.4. The normalized spacial score (nSPS) is 10.2. The van der Waals surface area contributed by atoms with Gasteiger partial charge in [0.15, 0.2) is 0 Å². The first-order valence-corrected chi connectivity index (χ1v) is 8.14. The Morgan fingerprint density at radius 1 is 0.893 bits per heavy atom. The number of hydrogen-bond donors (Lipinski definition) is 3. The van der Waals surface area contributed by atoms with Gasteiger partial charge in [-0.2, -0.15) is 0 Å². The molecule has 0 fully saturated rings. The number of carbonyl (C=O) groups is 2. The minimum Gasteiger partial charge on any atom is -0.340 e. The first-order valence-electron chi connectivity index (χ1n) is 8.14. The molecule has 28 heavy (non-hydrogen) atoms. The highest BCUT2D eigenvalue weighted by atomic mass is 19.1. The molecule has 0 aliphatic heterocycles. The minimum atomic E-state index is -0.889. The van der Waals surface area contributed by atoms with Gasteiger partial charge in [-0.05, 0) is 36.4 Å². The smallest absolute Gasteiger partial charge is 0.274 e. The van der Waals surface area contributed by atoms with Crippen molar-refractivity contribution >= 4 is 34.7 Å². The fraction of sp³-hybridized carbons (Fsp3) is 0.0526. The van der Waals surface area contributed by atoms with Crippen molar-refractivity contribution in [2.45, 2.75) is 6.92 Å². The van der Waals surface area contributed by atoms with Gasteiger partial charge in [0.05, 0.1) is 0 Å². The zero-order valence-corrected chi connectivity index (χ0v) is 14.7. The molecule has 3 N–H and O–H groups in total. The van der Waals surface area contributed by atoms with E-state index >= 15 is 0 Å². The van der Waals surface area contributed by atoms with Gasteiger partial charge in [-0.25, -0.2) is 18.7 Å². The molecule has 0 aliphatic rings. The molecular weight excluding hydrogens is 368 g/mol. The number of nitrogens with zero attached hydrogens (tertiary/aromatic N) is 2. The molecule has 0 bridgehead atoms. The number of rotatable bonds is 5. The van der Waals surface area contributed by atoms with Crippen LogP contribution in [0.1, 0.15) is 17.4 Å². The third-order valence-electron chi connectivity index (χ3n) is 3.58. The Balaban J connectivity index is 1.73. The van der Waals surface area contributed by atoms with Gasteiger partial charge in [0.2, 0.25) is 5.91 Å². The van der Waals surface area contributed by atoms with E-state index in [1.165, 1.54) is 19.1 Å². The summed E-state index contributed by atoms with van der Waals surface area (Å²) in [5, 5.41) is 7.78. The van der Waals surface area contributed by atoms with Gasteiger partial charge in [0, 0.05) is 24.4 Å². The van der Waals surface area contributed by atoms with E-state index in [-0.39, 0.29) is 11.6 Å². The van der Waals surface area contributed by atoms with Crippen LogP contribution >= 0.6 is 0 Å². The molecule has 0 saturated carbocycles. The summed E-state index contributed by atoms with van der Waals surface area (Å²) in [5.74, 6) is -2.43. The number of aromatic nitrogens is 2. The average molecular weight is 383 g/mol. The molecule has 0 atom stereocenters. The molecule has 0 aliphatic carbocycles. The maximum Gasteiger partial charge on any atom is 0.274 e. The Labute approximate surface area is 158 Å². The molecular formula is C19H15F2N5O2. The number of halogens is 2. The number of hydrogen-bond acceptors (Lipinski definition) is 5. The third kappa shape index (κ3) is 4.64. The van der Waals surface area contributed by atoms with Crippen molar-refractivity contribution in [1.29, 1.82) is 0 Å². The molecule has 0 saturated heterocycles. The maximum atomic E-state index is 13.7. The molecule has 9 heteroatoms. The number of nitrogens with one attached hydrogen (secondary N) is 3. The number of carbonyl (C=O) groups excluding carboxylic acids is 2. The molecule has 142 valence electrons. The first kappa shape index (κ1) is 18.9. The van der Waals surface area contributed by atoms with Crippen molar-refractivity contribution < 1.29 is 18.4 Å². The van der Waals surface area contributed by atoms with Crippen molar-refractivity contribution in [2.75, 3.05) is 16.0 Å². The van der Waals surface area contributed by atoms with Crippen LogP contribution in [0.3, 0.4) is 0 Å². The van der Waals surface area contributed by atoms with Crippen LogP contribution < -0.4 is 16.0 Å². The summed E-state index contributed by atoms with van der Waals surface area (Å²) in [6, 6.07) is 11.4. The van der Waals surface area contributed by atoms with Crippen LogP contribution in [0.4, 0.5) is 31.7 Å². The molecule has 3 rings (SSSR count). The highest BCUT2D eigenvalue weighted by Crippen LogP contribution is 2.20. The Kier molecular flexibility index (Phi) is 5.54. The predicted octanol–water partition coefficient (Wildman–Crippen LogP) is 3.71. The van der Waals surface area contributed by atoms with Crippen molar-refractivity contribution in [3.8, 4) is 0 Å². The standard InChI is InChI=1S/C19H15F2N5O2/c1-11(27)24-12-5-7-13(8-6-12)25-17-9-16(22-10-23-17)19(28)26-18-14(20)3-2-4-15(18)21/h2-10H,1H3,(H,24,27)(H,26,28)(H,22,23,25). The van der Waals surface area contributed by atoms with Crippen LogP contribution in [0.15, 0.2) is 54.9 Å². The highest BCUT2D eigenvalue weighted by molar-refractivity contribution is 6.03. The Morgan fingerprint density at radius 2 is 1.54 bits per heavy atom. The molecule has 1 aromatic heterocycles. The van der Waals surface area contributed by atoms with Crippen LogP contribution in [0.5, 0.6) is 0 Å². The molecule has 0 unspecified atom stereocenters. The van der Waals surface area contributed by atoms with Crippen molar-refractivity contribution in [3.05, 3.63) is 72.2 Å². The van der Waals surface area contributed by atoms with E-state index in [1.54, 1.807) is 24.3 Å². The second-order valence-electron chi connectivity index (χ2n) is 5.72. The second-order valence-corrected chi connectivity index (χ2v) is 5.72. The van der Waals surface area contributed by atoms with E-state index in [2.05, 4.69) is 25.9 Å². The summed E-state index contributed by atoms with van der Waals surface area (Å²) in [5.41, 5.74) is 0.663. The fourth-order valence-corrected chi connectivity index (χ4v) is 2.33.